The molecule has 1 saturated carbocycles. The van der Waals surface area contributed by atoms with Crippen LogP contribution in [0.3, 0.4) is 0 Å². The van der Waals surface area contributed by atoms with Crippen LogP contribution in [0.25, 0.3) is 0 Å². The number of fused-ring (bicyclic) bond motifs is 5. The molecule has 4 fully saturated rings. The Bertz CT molecular complexity index is 1320. The summed E-state index contributed by atoms with van der Waals surface area (Å²) in [5, 5.41) is 0. The Kier molecular flexibility index (Phi) is 13.6. The summed E-state index contributed by atoms with van der Waals surface area (Å²) in [6.07, 6.45) is 9.95. The van der Waals surface area contributed by atoms with Crippen LogP contribution in [-0.2, 0) is 47.5 Å². The molecule has 0 N–H and O–H groups in total. The predicted octanol–water partition coefficient (Wildman–Crippen LogP) is 5.73. The minimum absolute atomic E-state index is 0.0341. The Balaban J connectivity index is 1.22. The number of ketones is 1. The highest BCUT2D eigenvalue weighted by Crippen LogP contribution is 2.54. The fourth-order valence-electron chi connectivity index (χ4n) is 10.5. The van der Waals surface area contributed by atoms with Crippen LogP contribution in [0.15, 0.2) is 23.8 Å². The molecule has 6 rings (SSSR count). The zero-order valence-corrected chi connectivity index (χ0v) is 33.8. The monoisotopic (exact) mass is 745 g/mol. The second-order valence-corrected chi connectivity index (χ2v) is 17.2. The van der Waals surface area contributed by atoms with Crippen molar-refractivity contribution in [3.63, 3.8) is 0 Å². The first kappa shape index (κ1) is 40.9. The molecule has 3 aliphatic heterocycles. The van der Waals surface area contributed by atoms with E-state index < -0.39 is 12.4 Å². The van der Waals surface area contributed by atoms with Gasteiger partial charge < -0.3 is 42.8 Å². The van der Waals surface area contributed by atoms with Gasteiger partial charge in [-0.3, -0.25) is 9.59 Å². The third kappa shape index (κ3) is 8.68. The van der Waals surface area contributed by atoms with Crippen LogP contribution < -0.4 is 0 Å². The van der Waals surface area contributed by atoms with Crippen molar-refractivity contribution in [3.05, 3.63) is 23.8 Å². The number of methoxy groups -OCH3 is 3. The largest absolute Gasteiger partial charge is 0.462 e. The maximum absolute atomic E-state index is 14.7. The zero-order chi connectivity index (χ0) is 38.1. The molecule has 0 radical (unpaired) electrons. The zero-order valence-electron chi connectivity index (χ0n) is 33.8. The number of carbonyl (C=O) groups excluding carboxylic acids is 2. The molecule has 3 saturated heterocycles. The van der Waals surface area contributed by atoms with Gasteiger partial charge in [0.25, 0.3) is 0 Å². The summed E-state index contributed by atoms with van der Waals surface area (Å²) >= 11 is 0. The van der Waals surface area contributed by atoms with E-state index in [0.29, 0.717) is 18.4 Å². The van der Waals surface area contributed by atoms with Crippen molar-refractivity contribution in [2.45, 2.75) is 153 Å². The van der Waals surface area contributed by atoms with E-state index in [9.17, 15) is 9.59 Å². The SMILES string of the molecule is CO[C@@H]1[C@@H](OC)[C@H](C)O[C@@H](O[C@H]2C[C@H]3[C@@H]4C=C5C(=O)[C@H](C)[C@@H](O[C@H]6CC[C@H](N(C)C)[C@@H](C)O6)CCC[C@H](C(C)C)OC(=O)C[C@H]5[C@@H]4C=C[C@@H]3C2)[C@@H]1OC. The normalized spacial score (nSPS) is 45.2. The molecule has 0 aromatic heterocycles. The topological polar surface area (TPSA) is 111 Å². The Morgan fingerprint density at radius 3 is 2.21 bits per heavy atom. The van der Waals surface area contributed by atoms with E-state index in [-0.39, 0.29) is 103 Å². The maximum Gasteiger partial charge on any atom is 0.306 e. The number of Topliss-reactive ketones (excluding diaryl/α,β-unsaturated/α-hetero) is 1. The number of cyclic esters (lactones) is 1. The fraction of sp³-hybridized carbons (Fsp3) is 0.857. The Hall–Kier alpha value is -1.70. The smallest absolute Gasteiger partial charge is 0.306 e. The minimum atomic E-state index is -0.596. The highest BCUT2D eigenvalue weighted by molar-refractivity contribution is 5.99. The van der Waals surface area contributed by atoms with Gasteiger partial charge in [0.2, 0.25) is 0 Å². The van der Waals surface area contributed by atoms with Crippen molar-refractivity contribution in [1.82, 2.24) is 4.90 Å². The van der Waals surface area contributed by atoms with E-state index in [1.807, 2.05) is 13.8 Å². The molecule has 3 heterocycles. The second-order valence-electron chi connectivity index (χ2n) is 17.2. The van der Waals surface area contributed by atoms with E-state index in [1.54, 1.807) is 21.3 Å². The van der Waals surface area contributed by atoms with Crippen LogP contribution in [-0.4, -0.2) is 120 Å². The number of rotatable bonds is 9. The van der Waals surface area contributed by atoms with Gasteiger partial charge in [-0.2, -0.15) is 0 Å². The molecule has 0 spiro atoms. The molecule has 6 aliphatic rings. The number of likely N-dealkylation sites (N-methyl/N-ethyl adjacent to an activating group) is 1. The Morgan fingerprint density at radius 2 is 1.55 bits per heavy atom. The summed E-state index contributed by atoms with van der Waals surface area (Å²) in [5.41, 5.74) is 0.762. The van der Waals surface area contributed by atoms with Crippen molar-refractivity contribution in [3.8, 4) is 0 Å². The molecule has 0 unspecified atom stereocenters. The summed E-state index contributed by atoms with van der Waals surface area (Å²) < 4.78 is 49.7. The number of hydrogen-bond acceptors (Lipinski definition) is 11. The lowest BCUT2D eigenvalue weighted by Gasteiger charge is -2.44. The number of esters is 1. The molecular formula is C42H67NO10. The first-order chi connectivity index (χ1) is 25.3. The summed E-state index contributed by atoms with van der Waals surface area (Å²) in [7, 11) is 9.16. The summed E-state index contributed by atoms with van der Waals surface area (Å²) in [6.45, 7) is 10.3. The number of allylic oxidation sites excluding steroid dienone is 4. The van der Waals surface area contributed by atoms with Gasteiger partial charge in [-0.15, -0.1) is 0 Å². The van der Waals surface area contributed by atoms with Crippen LogP contribution in [0, 0.1) is 41.4 Å². The van der Waals surface area contributed by atoms with Crippen molar-refractivity contribution in [2.24, 2.45) is 41.4 Å². The molecule has 3 aliphatic carbocycles. The fourth-order valence-corrected chi connectivity index (χ4v) is 10.5. The van der Waals surface area contributed by atoms with Gasteiger partial charge in [-0.1, -0.05) is 39.0 Å². The van der Waals surface area contributed by atoms with Gasteiger partial charge in [-0.25, -0.2) is 0 Å². The van der Waals surface area contributed by atoms with Crippen molar-refractivity contribution < 1.29 is 47.5 Å². The van der Waals surface area contributed by atoms with E-state index in [2.05, 4.69) is 58.0 Å². The molecule has 0 amide bonds. The number of nitrogens with zero attached hydrogens (tertiary/aromatic N) is 1. The molecule has 0 aromatic carbocycles. The second kappa shape index (κ2) is 17.6. The summed E-state index contributed by atoms with van der Waals surface area (Å²) in [4.78, 5) is 30.6. The highest BCUT2D eigenvalue weighted by atomic mass is 16.7. The third-order valence-electron chi connectivity index (χ3n) is 13.5. The maximum atomic E-state index is 14.7. The quantitative estimate of drug-likeness (QED) is 0.213. The number of ether oxygens (including phenoxy) is 8. The van der Waals surface area contributed by atoms with Gasteiger partial charge >= 0.3 is 5.97 Å². The number of carbonyl (C=O) groups is 2. The van der Waals surface area contributed by atoms with Crippen molar-refractivity contribution >= 4 is 11.8 Å². The van der Waals surface area contributed by atoms with Gasteiger partial charge in [0, 0.05) is 39.2 Å². The lowest BCUT2D eigenvalue weighted by Crippen LogP contribution is -2.59. The van der Waals surface area contributed by atoms with Crippen LogP contribution in [0.1, 0.15) is 86.0 Å². The first-order valence-electron chi connectivity index (χ1n) is 20.3. The van der Waals surface area contributed by atoms with Crippen LogP contribution >= 0.6 is 0 Å². The van der Waals surface area contributed by atoms with Crippen LogP contribution in [0.5, 0.6) is 0 Å². The van der Waals surface area contributed by atoms with Crippen molar-refractivity contribution in [2.75, 3.05) is 35.4 Å². The molecule has 0 aromatic rings. The van der Waals surface area contributed by atoms with Crippen molar-refractivity contribution in [1.29, 1.82) is 0 Å². The molecule has 17 atom stereocenters. The lowest BCUT2D eigenvalue weighted by atomic mass is 9.70. The third-order valence-corrected chi connectivity index (χ3v) is 13.5. The Labute approximate surface area is 317 Å². The summed E-state index contributed by atoms with van der Waals surface area (Å²) in [5.74, 6) is 0.169. The standard InChI is InChI=1S/C42H67NO10/c1-22(2)34-12-11-13-35(53-37-17-16-33(43(6)7)24(4)49-37)23(3)38(45)32-20-30-28(31(32)21-36(44)52-34)15-14-26-18-27(19-29(26)30)51-42-41(48-10)40(47-9)39(46-8)25(5)50-42/h14-15,20,22-31,33-35,37,39-42H,11-13,16-19,21H2,1-10H3/t23-,24-,25+,26-,27-,28-,29-,30-,31+,33+,34-,35+,37+,39+,40-,41-,42+/m1/s1. The van der Waals surface area contributed by atoms with E-state index in [4.69, 9.17) is 37.9 Å². The molecule has 0 bridgehead atoms. The highest BCUT2D eigenvalue weighted by Gasteiger charge is 2.52. The average molecular weight is 746 g/mol. The van der Waals surface area contributed by atoms with Gasteiger partial charge in [0.1, 0.15) is 24.4 Å². The molecule has 11 heteroatoms. The number of hydrogen-bond donors (Lipinski definition) is 0. The average Bonchev–Trinajstić information content (AvgIpc) is 3.70. The first-order valence-corrected chi connectivity index (χ1v) is 20.3. The van der Waals surface area contributed by atoms with E-state index in [1.165, 1.54) is 0 Å². The molecule has 11 nitrogen and oxygen atoms in total. The van der Waals surface area contributed by atoms with Gasteiger partial charge in [0.15, 0.2) is 18.4 Å². The van der Waals surface area contributed by atoms with Gasteiger partial charge in [-0.05, 0) is 108 Å². The summed E-state index contributed by atoms with van der Waals surface area (Å²) in [6, 6.07) is 0.336. The Morgan fingerprint density at radius 1 is 0.811 bits per heavy atom. The molecular weight excluding hydrogens is 678 g/mol. The molecule has 53 heavy (non-hydrogen) atoms. The molecule has 300 valence electrons. The minimum Gasteiger partial charge on any atom is -0.462 e. The van der Waals surface area contributed by atoms with E-state index >= 15 is 0 Å². The predicted molar refractivity (Wildman–Crippen MR) is 199 cm³/mol. The lowest BCUT2D eigenvalue weighted by molar-refractivity contribution is -0.314. The van der Waals surface area contributed by atoms with Crippen LogP contribution in [0.4, 0.5) is 0 Å². The van der Waals surface area contributed by atoms with E-state index in [0.717, 1.165) is 44.1 Å². The van der Waals surface area contributed by atoms with Crippen LogP contribution in [0.2, 0.25) is 0 Å². The van der Waals surface area contributed by atoms with Gasteiger partial charge in [0.05, 0.1) is 30.8 Å².